The Morgan fingerprint density at radius 2 is 2.17 bits per heavy atom. The summed E-state index contributed by atoms with van der Waals surface area (Å²) in [4.78, 5) is 23.9. The highest BCUT2D eigenvalue weighted by molar-refractivity contribution is 6.31. The first-order valence-electron chi connectivity index (χ1n) is 11.9. The number of carbonyl (C=O) groups is 1. The number of anilines is 2. The number of aromatic nitrogens is 3. The molecule has 1 aliphatic rings. The molecule has 0 fully saturated rings. The van der Waals surface area contributed by atoms with Crippen LogP contribution in [0.25, 0.3) is 11.0 Å². The number of pyridine rings is 2. The van der Waals surface area contributed by atoms with E-state index in [-0.39, 0.29) is 16.7 Å². The Morgan fingerprint density at radius 1 is 1.31 bits per heavy atom. The molecule has 1 amide bonds. The van der Waals surface area contributed by atoms with Gasteiger partial charge in [-0.05, 0) is 31.2 Å². The van der Waals surface area contributed by atoms with Crippen LogP contribution in [0.2, 0.25) is 5.02 Å². The van der Waals surface area contributed by atoms with Crippen molar-refractivity contribution in [2.75, 3.05) is 24.3 Å². The molecule has 180 valence electrons. The van der Waals surface area contributed by atoms with Crippen LogP contribution in [-0.2, 0) is 9.53 Å². The molecule has 9 nitrogen and oxygen atoms in total. The van der Waals surface area contributed by atoms with Gasteiger partial charge in [-0.25, -0.2) is 14.4 Å². The molecule has 0 saturated heterocycles. The van der Waals surface area contributed by atoms with Gasteiger partial charge >= 0.3 is 0 Å². The van der Waals surface area contributed by atoms with E-state index in [1.807, 2.05) is 0 Å². The van der Waals surface area contributed by atoms with Gasteiger partial charge in [0.2, 0.25) is 0 Å². The maximum atomic E-state index is 13.9. The van der Waals surface area contributed by atoms with Crippen molar-refractivity contribution >= 4 is 39.9 Å². The average molecular weight is 501 g/mol. The minimum Gasteiger partial charge on any atom is -0.436 e. The second kappa shape index (κ2) is 8.81. The molecule has 4 aromatic rings. The summed E-state index contributed by atoms with van der Waals surface area (Å²) < 4.78 is 46.2. The number of methoxy groups -OCH3 is 1. The number of hydrogen-bond donors (Lipinski definition) is 4. The molecule has 5 rings (SSSR count). The lowest BCUT2D eigenvalue weighted by Gasteiger charge is -2.35. The van der Waals surface area contributed by atoms with E-state index < -0.39 is 37.0 Å². The van der Waals surface area contributed by atoms with Crippen molar-refractivity contribution < 1.29 is 27.9 Å². The van der Waals surface area contributed by atoms with Crippen LogP contribution in [0.5, 0.6) is 11.6 Å². The highest BCUT2D eigenvalue weighted by atomic mass is 35.5. The van der Waals surface area contributed by atoms with Gasteiger partial charge in [0.1, 0.15) is 23.0 Å². The summed E-state index contributed by atoms with van der Waals surface area (Å²) in [5.74, 6) is -1.14. The van der Waals surface area contributed by atoms with Crippen molar-refractivity contribution in [2.24, 2.45) is 0 Å². The zero-order chi connectivity index (χ0) is 27.2. The van der Waals surface area contributed by atoms with Gasteiger partial charge in [-0.2, -0.15) is 0 Å². The molecule has 0 radical (unpaired) electrons. The fourth-order valence-electron chi connectivity index (χ4n) is 3.92. The minimum atomic E-state index is -2.69. The Kier molecular flexibility index (Phi) is 4.92. The fourth-order valence-corrected chi connectivity index (χ4v) is 4.19. The molecule has 2 atom stereocenters. The van der Waals surface area contributed by atoms with Crippen LogP contribution in [0, 0.1) is 5.82 Å². The van der Waals surface area contributed by atoms with Crippen molar-refractivity contribution in [3.8, 4) is 11.6 Å². The molecule has 1 aliphatic heterocycles. The van der Waals surface area contributed by atoms with Gasteiger partial charge in [0.05, 0.1) is 38.7 Å². The van der Waals surface area contributed by atoms with Crippen LogP contribution in [-0.4, -0.2) is 45.1 Å². The Morgan fingerprint density at radius 3 is 2.94 bits per heavy atom. The van der Waals surface area contributed by atoms with Crippen molar-refractivity contribution in [3.05, 3.63) is 70.9 Å². The quantitative estimate of drug-likeness (QED) is 0.309. The third-order valence-electron chi connectivity index (χ3n) is 5.74. The molecular formula is C24H21ClFN5O4. The summed E-state index contributed by atoms with van der Waals surface area (Å²) in [5.41, 5.74) is 0.456. The number of rotatable bonds is 6. The molecule has 0 spiro atoms. The molecule has 0 aliphatic carbocycles. The zero-order valence-electron chi connectivity index (χ0n) is 21.2. The molecule has 3 aromatic heterocycles. The van der Waals surface area contributed by atoms with Crippen molar-refractivity contribution in [3.63, 3.8) is 0 Å². The molecule has 1 unspecified atom stereocenters. The smallest absolute Gasteiger partial charge is 0.255 e. The number of fused-ring (bicyclic) bond motifs is 3. The predicted molar refractivity (Wildman–Crippen MR) is 128 cm³/mol. The highest BCUT2D eigenvalue weighted by Gasteiger charge is 2.39. The summed E-state index contributed by atoms with van der Waals surface area (Å²) in [6.45, 7) is 1.07. The molecular weight excluding hydrogens is 477 g/mol. The molecule has 0 saturated carbocycles. The van der Waals surface area contributed by atoms with Gasteiger partial charge in [0, 0.05) is 30.6 Å². The maximum Gasteiger partial charge on any atom is 0.255 e. The maximum absolute atomic E-state index is 13.9. The molecule has 1 aromatic carbocycles. The van der Waals surface area contributed by atoms with E-state index in [1.54, 1.807) is 6.20 Å². The number of nitrogens with one attached hydrogen (secondary N) is 3. The molecule has 0 bridgehead atoms. The lowest BCUT2D eigenvalue weighted by Crippen LogP contribution is -2.53. The van der Waals surface area contributed by atoms with E-state index >= 15 is 0 Å². The number of aromatic amines is 1. The first-order chi connectivity index (χ1) is 17.9. The lowest BCUT2D eigenvalue weighted by molar-refractivity contribution is -0.121. The number of aliphatic hydroxyl groups excluding tert-OH is 1. The van der Waals surface area contributed by atoms with E-state index in [1.165, 1.54) is 49.6 Å². The van der Waals surface area contributed by atoms with Crippen molar-refractivity contribution in [1.82, 2.24) is 15.0 Å². The molecule has 4 N–H and O–H groups in total. The summed E-state index contributed by atoms with van der Waals surface area (Å²) >= 11 is 6.47. The number of halogens is 2. The van der Waals surface area contributed by atoms with Crippen LogP contribution in [0.4, 0.5) is 15.8 Å². The third-order valence-corrected chi connectivity index (χ3v) is 6.07. The zero-order valence-corrected chi connectivity index (χ0v) is 19.0. The van der Waals surface area contributed by atoms with Crippen LogP contribution < -0.4 is 15.4 Å². The van der Waals surface area contributed by atoms with Crippen LogP contribution in [0.15, 0.2) is 48.9 Å². The number of hydrogen-bond acceptors (Lipinski definition) is 7. The minimum absolute atomic E-state index is 0.149. The highest BCUT2D eigenvalue weighted by Crippen LogP contribution is 2.42. The van der Waals surface area contributed by atoms with Gasteiger partial charge in [-0.15, -0.1) is 0 Å². The monoisotopic (exact) mass is 500 g/mol. The van der Waals surface area contributed by atoms with Gasteiger partial charge in [-0.1, -0.05) is 17.7 Å². The van der Waals surface area contributed by atoms with E-state index in [0.717, 1.165) is 0 Å². The summed E-state index contributed by atoms with van der Waals surface area (Å²) in [6, 6.07) is 7.13. The molecule has 35 heavy (non-hydrogen) atoms. The van der Waals surface area contributed by atoms with Gasteiger partial charge in [-0.3, -0.25) is 4.79 Å². The second-order valence-electron chi connectivity index (χ2n) is 8.19. The van der Waals surface area contributed by atoms with E-state index in [4.69, 9.17) is 25.2 Å². The van der Waals surface area contributed by atoms with Crippen LogP contribution >= 0.6 is 11.6 Å². The van der Waals surface area contributed by atoms with Gasteiger partial charge in [0.25, 0.3) is 11.8 Å². The molecule has 11 heteroatoms. The normalized spacial score (nSPS) is 19.7. The Balaban J connectivity index is 1.48. The van der Waals surface area contributed by atoms with Crippen LogP contribution in [0.1, 0.15) is 28.3 Å². The van der Waals surface area contributed by atoms with E-state index in [9.17, 15) is 14.3 Å². The SMILES string of the molecule is [2H]C([2H])([2H])OC[C@]1(C)Nc2c(cnc3[nH]cc(C(O)c4ccc(Oc5ncccc5F)cc4Cl)c23)NC1=O. The summed E-state index contributed by atoms with van der Waals surface area (Å²) in [7, 11) is -2.69. The number of H-pyrrole nitrogens is 1. The van der Waals surface area contributed by atoms with Crippen molar-refractivity contribution in [2.45, 2.75) is 18.6 Å². The number of carbonyl (C=O) groups excluding carboxylic acids is 1. The van der Waals surface area contributed by atoms with E-state index in [2.05, 4.69) is 25.6 Å². The Hall–Kier alpha value is -3.73. The number of nitrogens with zero attached hydrogens (tertiary/aromatic N) is 2. The lowest BCUT2D eigenvalue weighted by atomic mass is 9.95. The standard InChI is InChI=1S/C24H21ClFN5O4/c1-24(11-34-2)23(33)30-17-10-29-21-18(19(17)31-24)14(9-28-21)20(32)13-6-5-12(8-15(13)25)35-22-16(26)4-3-7-27-22/h3-10,20,31-32H,11H2,1-2H3,(H,28,29)(H,30,33)/t20?,24-/m0/s1/i2D3. The first-order valence-corrected chi connectivity index (χ1v) is 10.8. The number of amides is 1. The predicted octanol–water partition coefficient (Wildman–Crippen LogP) is 4.39. The van der Waals surface area contributed by atoms with Gasteiger partial charge in [0.15, 0.2) is 5.82 Å². The Labute approximate surface area is 208 Å². The third kappa shape index (κ3) is 4.05. The second-order valence-corrected chi connectivity index (χ2v) is 8.60. The Bertz CT molecular complexity index is 1550. The largest absolute Gasteiger partial charge is 0.436 e. The van der Waals surface area contributed by atoms with Crippen molar-refractivity contribution in [1.29, 1.82) is 0 Å². The average Bonchev–Trinajstić information content (AvgIpc) is 3.29. The first kappa shape index (κ1) is 19.6. The fraction of sp³-hybridized carbons (Fsp3) is 0.208. The number of aliphatic hydroxyl groups is 1. The van der Waals surface area contributed by atoms with Gasteiger partial charge < -0.3 is 30.2 Å². The van der Waals surface area contributed by atoms with E-state index in [0.29, 0.717) is 33.5 Å². The molecule has 4 heterocycles. The topological polar surface area (TPSA) is 121 Å². The van der Waals surface area contributed by atoms with Crippen LogP contribution in [0.3, 0.4) is 0 Å². The summed E-state index contributed by atoms with van der Waals surface area (Å²) in [5, 5.41) is 17.7. The summed E-state index contributed by atoms with van der Waals surface area (Å²) in [6.07, 6.45) is 3.14. The number of ether oxygens (including phenoxy) is 2. The number of benzene rings is 1.